The quantitative estimate of drug-likeness (QED) is 0.612. The molecule has 0 atom stereocenters. The molecule has 1 heterocycles. The van der Waals surface area contributed by atoms with Crippen LogP contribution in [0, 0.1) is 12.3 Å². The summed E-state index contributed by atoms with van der Waals surface area (Å²) < 4.78 is 29.7. The lowest BCUT2D eigenvalue weighted by Gasteiger charge is -2.17. The van der Waals surface area contributed by atoms with E-state index in [0.29, 0.717) is 18.7 Å². The number of rotatable bonds is 3. The zero-order chi connectivity index (χ0) is 13.9. The van der Waals surface area contributed by atoms with Gasteiger partial charge in [-0.3, -0.25) is 4.31 Å². The monoisotopic (exact) mass is 279 g/mol. The van der Waals surface area contributed by atoms with E-state index < -0.39 is 16.0 Å². The first-order chi connectivity index (χ1) is 9.04. The number of anilines is 1. The lowest BCUT2D eigenvalue weighted by atomic mass is 10.2. The van der Waals surface area contributed by atoms with Crippen LogP contribution in [0.4, 0.5) is 5.69 Å². The van der Waals surface area contributed by atoms with Crippen molar-refractivity contribution in [2.45, 2.75) is 6.42 Å². The van der Waals surface area contributed by atoms with Crippen molar-refractivity contribution in [2.24, 2.45) is 0 Å². The van der Waals surface area contributed by atoms with Gasteiger partial charge in [0.15, 0.2) is 6.61 Å². The average Bonchev–Trinajstić information content (AvgIpc) is 2.75. The van der Waals surface area contributed by atoms with E-state index in [0.717, 1.165) is 0 Å². The fraction of sp³-hybridized carbons (Fsp3) is 0.308. The zero-order valence-electron chi connectivity index (χ0n) is 10.2. The molecule has 1 fully saturated rings. The van der Waals surface area contributed by atoms with Crippen LogP contribution in [-0.4, -0.2) is 33.3 Å². The van der Waals surface area contributed by atoms with Crippen molar-refractivity contribution in [1.82, 2.24) is 0 Å². The molecule has 1 aromatic rings. The summed E-state index contributed by atoms with van der Waals surface area (Å²) in [4.78, 5) is 11.6. The van der Waals surface area contributed by atoms with E-state index in [1.807, 2.05) is 0 Å². The number of hydrogen-bond acceptors (Lipinski definition) is 4. The van der Waals surface area contributed by atoms with Crippen LogP contribution in [0.3, 0.4) is 0 Å². The topological polar surface area (TPSA) is 63.7 Å². The minimum atomic E-state index is -3.25. The Balaban J connectivity index is 2.25. The minimum Gasteiger partial charge on any atom is -0.449 e. The number of carbonyl (C=O) groups excluding carboxylic acids is 1. The number of terminal acetylenes is 1. The van der Waals surface area contributed by atoms with E-state index in [2.05, 4.69) is 5.92 Å². The van der Waals surface area contributed by atoms with Gasteiger partial charge in [-0.05, 0) is 24.6 Å². The van der Waals surface area contributed by atoms with E-state index in [4.69, 9.17) is 11.2 Å². The average molecular weight is 279 g/mol. The van der Waals surface area contributed by atoms with Crippen LogP contribution in [0.25, 0.3) is 0 Å². The third kappa shape index (κ3) is 2.88. The van der Waals surface area contributed by atoms with E-state index in [1.165, 1.54) is 10.4 Å². The summed E-state index contributed by atoms with van der Waals surface area (Å²) in [7, 11) is -3.25. The van der Waals surface area contributed by atoms with Gasteiger partial charge in [0.25, 0.3) is 0 Å². The van der Waals surface area contributed by atoms with E-state index in [-0.39, 0.29) is 17.9 Å². The van der Waals surface area contributed by atoms with Crippen LogP contribution in [0.2, 0.25) is 0 Å². The lowest BCUT2D eigenvalue weighted by molar-refractivity contribution is 0.0557. The highest BCUT2D eigenvalue weighted by molar-refractivity contribution is 7.93. The van der Waals surface area contributed by atoms with Crippen molar-refractivity contribution in [3.63, 3.8) is 0 Å². The summed E-state index contributed by atoms with van der Waals surface area (Å²) in [6.07, 6.45) is 5.60. The van der Waals surface area contributed by atoms with Crippen molar-refractivity contribution in [3.05, 3.63) is 29.8 Å². The van der Waals surface area contributed by atoms with Crippen LogP contribution < -0.4 is 4.31 Å². The highest BCUT2D eigenvalue weighted by atomic mass is 32.2. The van der Waals surface area contributed by atoms with Gasteiger partial charge < -0.3 is 4.74 Å². The summed E-state index contributed by atoms with van der Waals surface area (Å²) in [5, 5.41) is 0. The Hall–Kier alpha value is -2.00. The first-order valence-corrected chi connectivity index (χ1v) is 7.36. The van der Waals surface area contributed by atoms with Crippen molar-refractivity contribution in [2.75, 3.05) is 23.2 Å². The Morgan fingerprint density at radius 3 is 2.89 bits per heavy atom. The second kappa shape index (κ2) is 5.33. The van der Waals surface area contributed by atoms with Crippen LogP contribution in [-0.2, 0) is 14.8 Å². The molecule has 0 spiro atoms. The molecular weight excluding hydrogens is 266 g/mol. The van der Waals surface area contributed by atoms with Crippen LogP contribution in [0.5, 0.6) is 0 Å². The molecule has 0 aliphatic carbocycles. The Morgan fingerprint density at radius 1 is 1.47 bits per heavy atom. The second-order valence-electron chi connectivity index (χ2n) is 4.07. The SMILES string of the molecule is C#CCOC(=O)c1cccc(N2CCCS2(=O)=O)c1. The van der Waals surface area contributed by atoms with Crippen molar-refractivity contribution in [3.8, 4) is 12.3 Å². The molecule has 0 bridgehead atoms. The standard InChI is InChI=1S/C13H13NO4S/c1-2-8-18-13(15)11-5-3-6-12(10-11)14-7-4-9-19(14,16)17/h1,3,5-6,10H,4,7-9H2. The third-order valence-corrected chi connectivity index (χ3v) is 4.63. The van der Waals surface area contributed by atoms with Gasteiger partial charge in [0.05, 0.1) is 17.0 Å². The molecule has 6 heteroatoms. The summed E-state index contributed by atoms with van der Waals surface area (Å²) in [5.74, 6) is 1.78. The summed E-state index contributed by atoms with van der Waals surface area (Å²) in [6.45, 7) is 0.330. The molecule has 1 aromatic carbocycles. The molecule has 0 aromatic heterocycles. The number of hydrogen-bond donors (Lipinski definition) is 0. The molecule has 0 saturated carbocycles. The van der Waals surface area contributed by atoms with E-state index >= 15 is 0 Å². The van der Waals surface area contributed by atoms with Crippen molar-refractivity contribution in [1.29, 1.82) is 0 Å². The van der Waals surface area contributed by atoms with E-state index in [9.17, 15) is 13.2 Å². The van der Waals surface area contributed by atoms with Gasteiger partial charge in [-0.25, -0.2) is 13.2 Å². The molecule has 0 N–H and O–H groups in total. The molecule has 0 radical (unpaired) electrons. The highest BCUT2D eigenvalue weighted by Gasteiger charge is 2.28. The molecule has 1 aliphatic rings. The second-order valence-corrected chi connectivity index (χ2v) is 6.09. The van der Waals surface area contributed by atoms with Gasteiger partial charge in [0.1, 0.15) is 0 Å². The van der Waals surface area contributed by atoms with Gasteiger partial charge in [0.2, 0.25) is 10.0 Å². The number of ether oxygens (including phenoxy) is 1. The van der Waals surface area contributed by atoms with Crippen LogP contribution in [0.15, 0.2) is 24.3 Å². The molecule has 19 heavy (non-hydrogen) atoms. The predicted molar refractivity (Wildman–Crippen MR) is 71.3 cm³/mol. The van der Waals surface area contributed by atoms with Crippen LogP contribution in [0.1, 0.15) is 16.8 Å². The van der Waals surface area contributed by atoms with Gasteiger partial charge in [-0.2, -0.15) is 0 Å². The summed E-state index contributed by atoms with van der Waals surface area (Å²) in [6, 6.07) is 6.34. The molecule has 2 rings (SSSR count). The fourth-order valence-corrected chi connectivity index (χ4v) is 3.46. The third-order valence-electron chi connectivity index (χ3n) is 2.76. The number of carbonyl (C=O) groups is 1. The van der Waals surface area contributed by atoms with Crippen LogP contribution >= 0.6 is 0 Å². The first-order valence-electron chi connectivity index (χ1n) is 5.75. The first kappa shape index (κ1) is 13.4. The largest absolute Gasteiger partial charge is 0.449 e. The molecule has 5 nitrogen and oxygen atoms in total. The van der Waals surface area contributed by atoms with Crippen molar-refractivity contribution < 1.29 is 17.9 Å². The molecule has 1 aliphatic heterocycles. The van der Waals surface area contributed by atoms with Gasteiger partial charge >= 0.3 is 5.97 Å². The number of esters is 1. The maximum Gasteiger partial charge on any atom is 0.339 e. The predicted octanol–water partition coefficient (Wildman–Crippen LogP) is 1.02. The molecule has 1 saturated heterocycles. The number of benzene rings is 1. The Kier molecular flexibility index (Phi) is 3.76. The Labute approximate surface area is 112 Å². The van der Waals surface area contributed by atoms with Gasteiger partial charge in [-0.1, -0.05) is 12.0 Å². The number of nitrogens with zero attached hydrogens (tertiary/aromatic N) is 1. The maximum atomic E-state index is 11.8. The molecule has 100 valence electrons. The minimum absolute atomic E-state index is 0.106. The van der Waals surface area contributed by atoms with Crippen molar-refractivity contribution >= 4 is 21.7 Å². The maximum absolute atomic E-state index is 11.8. The lowest BCUT2D eigenvalue weighted by Crippen LogP contribution is -2.25. The number of sulfonamides is 1. The fourth-order valence-electron chi connectivity index (χ4n) is 1.91. The molecule has 0 unspecified atom stereocenters. The van der Waals surface area contributed by atoms with E-state index in [1.54, 1.807) is 18.2 Å². The summed E-state index contributed by atoms with van der Waals surface area (Å²) in [5.41, 5.74) is 0.766. The highest BCUT2D eigenvalue weighted by Crippen LogP contribution is 2.24. The molecular formula is C13H13NO4S. The zero-order valence-corrected chi connectivity index (χ0v) is 11.0. The smallest absolute Gasteiger partial charge is 0.339 e. The van der Waals surface area contributed by atoms with Gasteiger partial charge in [-0.15, -0.1) is 6.42 Å². The molecule has 0 amide bonds. The Bertz CT molecular complexity index is 630. The normalized spacial score (nSPS) is 16.9. The van der Waals surface area contributed by atoms with Gasteiger partial charge in [0, 0.05) is 6.54 Å². The summed E-state index contributed by atoms with van der Waals surface area (Å²) >= 11 is 0. The Morgan fingerprint density at radius 2 is 2.26 bits per heavy atom.